The summed E-state index contributed by atoms with van der Waals surface area (Å²) in [5.74, 6) is -0.231. The maximum atomic E-state index is 11.8. The number of thiazole rings is 1. The van der Waals surface area contributed by atoms with E-state index in [1.807, 2.05) is 31.2 Å². The van der Waals surface area contributed by atoms with E-state index in [1.54, 1.807) is 5.38 Å². The first kappa shape index (κ1) is 13.4. The predicted octanol–water partition coefficient (Wildman–Crippen LogP) is 2.84. The molecule has 0 saturated carbocycles. The lowest BCUT2D eigenvalue weighted by Crippen LogP contribution is -2.14. The molecular formula is C14H14N2O2S. The highest BCUT2D eigenvalue weighted by Gasteiger charge is 2.09. The molecule has 5 heteroatoms. The SMILES string of the molecule is CC(=O)c1csc(NC(=O)Cc2cccc(C)c2)n1. The maximum absolute atomic E-state index is 11.8. The summed E-state index contributed by atoms with van der Waals surface area (Å²) in [4.78, 5) is 27.0. The molecule has 0 aliphatic carbocycles. The van der Waals surface area contributed by atoms with Crippen LogP contribution in [0.3, 0.4) is 0 Å². The normalized spacial score (nSPS) is 10.2. The van der Waals surface area contributed by atoms with Crippen molar-refractivity contribution in [3.63, 3.8) is 0 Å². The van der Waals surface area contributed by atoms with Crippen LogP contribution in [0.1, 0.15) is 28.5 Å². The highest BCUT2D eigenvalue weighted by Crippen LogP contribution is 2.16. The van der Waals surface area contributed by atoms with Crippen molar-refractivity contribution in [2.24, 2.45) is 0 Å². The zero-order valence-corrected chi connectivity index (χ0v) is 11.6. The highest BCUT2D eigenvalue weighted by molar-refractivity contribution is 7.14. The molecule has 1 amide bonds. The van der Waals surface area contributed by atoms with Crippen LogP contribution in [0.5, 0.6) is 0 Å². The van der Waals surface area contributed by atoms with Gasteiger partial charge in [0.15, 0.2) is 10.9 Å². The van der Waals surface area contributed by atoms with Crippen LogP contribution >= 0.6 is 11.3 Å². The lowest BCUT2D eigenvalue weighted by atomic mass is 10.1. The molecule has 1 aromatic carbocycles. The average Bonchev–Trinajstić information content (AvgIpc) is 2.77. The van der Waals surface area contributed by atoms with Gasteiger partial charge in [0.25, 0.3) is 0 Å². The number of hydrogen-bond acceptors (Lipinski definition) is 4. The van der Waals surface area contributed by atoms with Gasteiger partial charge in [-0.25, -0.2) is 4.98 Å². The molecule has 0 unspecified atom stereocenters. The van der Waals surface area contributed by atoms with Gasteiger partial charge in [-0.3, -0.25) is 9.59 Å². The number of rotatable bonds is 4. The van der Waals surface area contributed by atoms with Crippen molar-refractivity contribution in [1.29, 1.82) is 0 Å². The van der Waals surface area contributed by atoms with Gasteiger partial charge < -0.3 is 5.32 Å². The lowest BCUT2D eigenvalue weighted by molar-refractivity contribution is -0.115. The number of benzene rings is 1. The topological polar surface area (TPSA) is 59.1 Å². The number of ketones is 1. The van der Waals surface area contributed by atoms with Gasteiger partial charge in [0.2, 0.25) is 5.91 Å². The molecule has 2 rings (SSSR count). The summed E-state index contributed by atoms with van der Waals surface area (Å²) in [5, 5.41) is 4.81. The van der Waals surface area contributed by atoms with E-state index in [-0.39, 0.29) is 11.7 Å². The molecule has 1 aromatic heterocycles. The number of anilines is 1. The van der Waals surface area contributed by atoms with E-state index in [4.69, 9.17) is 0 Å². The van der Waals surface area contributed by atoms with E-state index in [1.165, 1.54) is 18.3 Å². The standard InChI is InChI=1S/C14H14N2O2S/c1-9-4-3-5-11(6-9)7-13(18)16-14-15-12(8-19-14)10(2)17/h3-6,8H,7H2,1-2H3,(H,15,16,18). The van der Waals surface area contributed by atoms with Crippen LogP contribution in [0.15, 0.2) is 29.6 Å². The molecule has 0 bridgehead atoms. The number of nitrogens with one attached hydrogen (secondary N) is 1. The van der Waals surface area contributed by atoms with Crippen LogP contribution in [0.2, 0.25) is 0 Å². The van der Waals surface area contributed by atoms with Crippen LogP contribution in [0.4, 0.5) is 5.13 Å². The Morgan fingerprint density at radius 1 is 1.37 bits per heavy atom. The van der Waals surface area contributed by atoms with Gasteiger partial charge in [0.1, 0.15) is 5.69 Å². The second-order valence-corrected chi connectivity index (χ2v) is 5.17. The average molecular weight is 274 g/mol. The molecule has 0 radical (unpaired) electrons. The quantitative estimate of drug-likeness (QED) is 0.872. The third kappa shape index (κ3) is 3.72. The number of hydrogen-bond donors (Lipinski definition) is 1. The third-order valence-electron chi connectivity index (χ3n) is 2.56. The Morgan fingerprint density at radius 2 is 2.16 bits per heavy atom. The van der Waals surface area contributed by atoms with Gasteiger partial charge in [-0.05, 0) is 12.5 Å². The molecule has 19 heavy (non-hydrogen) atoms. The fourth-order valence-corrected chi connectivity index (χ4v) is 2.43. The van der Waals surface area contributed by atoms with Crippen LogP contribution < -0.4 is 5.32 Å². The Labute approximate surface area is 115 Å². The minimum Gasteiger partial charge on any atom is -0.302 e. The third-order valence-corrected chi connectivity index (χ3v) is 3.32. The van der Waals surface area contributed by atoms with Crippen molar-refractivity contribution >= 4 is 28.2 Å². The first-order chi connectivity index (χ1) is 9.04. The monoisotopic (exact) mass is 274 g/mol. The largest absolute Gasteiger partial charge is 0.302 e. The predicted molar refractivity (Wildman–Crippen MR) is 75.6 cm³/mol. The molecule has 4 nitrogen and oxygen atoms in total. The summed E-state index contributed by atoms with van der Waals surface area (Å²) in [7, 11) is 0. The van der Waals surface area contributed by atoms with Gasteiger partial charge >= 0.3 is 0 Å². The summed E-state index contributed by atoms with van der Waals surface area (Å²) in [6.45, 7) is 3.44. The number of aromatic nitrogens is 1. The Bertz CT molecular complexity index is 619. The number of amides is 1. The molecule has 0 fully saturated rings. The van der Waals surface area contributed by atoms with Crippen molar-refractivity contribution in [2.75, 3.05) is 5.32 Å². The summed E-state index contributed by atoms with van der Waals surface area (Å²) < 4.78 is 0. The fraction of sp³-hybridized carbons (Fsp3) is 0.214. The summed E-state index contributed by atoms with van der Waals surface area (Å²) >= 11 is 1.26. The summed E-state index contributed by atoms with van der Waals surface area (Å²) in [6, 6.07) is 7.80. The number of aryl methyl sites for hydroxylation is 1. The molecular weight excluding hydrogens is 260 g/mol. The van der Waals surface area contributed by atoms with E-state index in [0.29, 0.717) is 17.2 Å². The summed E-state index contributed by atoms with van der Waals surface area (Å²) in [6.07, 6.45) is 0.302. The molecule has 2 aromatic rings. The van der Waals surface area contributed by atoms with Gasteiger partial charge in [-0.2, -0.15) is 0 Å². The van der Waals surface area contributed by atoms with Crippen LogP contribution in [0, 0.1) is 6.92 Å². The molecule has 0 atom stereocenters. The minimum absolute atomic E-state index is 0.101. The van der Waals surface area contributed by atoms with E-state index < -0.39 is 0 Å². The van der Waals surface area contributed by atoms with Crippen molar-refractivity contribution in [2.45, 2.75) is 20.3 Å². The lowest BCUT2D eigenvalue weighted by Gasteiger charge is -2.02. The Morgan fingerprint density at radius 3 is 2.79 bits per heavy atom. The zero-order valence-electron chi connectivity index (χ0n) is 10.8. The number of Topliss-reactive ketones (excluding diaryl/α,β-unsaturated/α-hetero) is 1. The summed E-state index contributed by atoms with van der Waals surface area (Å²) in [5.41, 5.74) is 2.47. The smallest absolute Gasteiger partial charge is 0.230 e. The first-order valence-corrected chi connectivity index (χ1v) is 6.74. The highest BCUT2D eigenvalue weighted by atomic mass is 32.1. The van der Waals surface area contributed by atoms with Crippen molar-refractivity contribution in [1.82, 2.24) is 4.98 Å². The van der Waals surface area contributed by atoms with Gasteiger partial charge in [0.05, 0.1) is 6.42 Å². The molecule has 0 aliphatic rings. The zero-order chi connectivity index (χ0) is 13.8. The number of nitrogens with zero attached hydrogens (tertiary/aromatic N) is 1. The molecule has 1 N–H and O–H groups in total. The van der Waals surface area contributed by atoms with E-state index >= 15 is 0 Å². The second kappa shape index (κ2) is 5.75. The van der Waals surface area contributed by atoms with E-state index in [0.717, 1.165) is 11.1 Å². The number of carbonyl (C=O) groups is 2. The van der Waals surface area contributed by atoms with Crippen molar-refractivity contribution in [3.8, 4) is 0 Å². The van der Waals surface area contributed by atoms with Gasteiger partial charge in [-0.1, -0.05) is 29.8 Å². The van der Waals surface area contributed by atoms with Crippen molar-refractivity contribution in [3.05, 3.63) is 46.5 Å². The van der Waals surface area contributed by atoms with E-state index in [9.17, 15) is 9.59 Å². The molecule has 0 spiro atoms. The fourth-order valence-electron chi connectivity index (χ4n) is 1.66. The number of carbonyl (C=O) groups excluding carboxylic acids is 2. The molecule has 0 aliphatic heterocycles. The molecule has 1 heterocycles. The van der Waals surface area contributed by atoms with Crippen LogP contribution in [-0.4, -0.2) is 16.7 Å². The Balaban J connectivity index is 1.99. The van der Waals surface area contributed by atoms with Crippen LogP contribution in [0.25, 0.3) is 0 Å². The minimum atomic E-state index is -0.130. The van der Waals surface area contributed by atoms with E-state index in [2.05, 4.69) is 10.3 Å². The second-order valence-electron chi connectivity index (χ2n) is 4.31. The molecule has 98 valence electrons. The van der Waals surface area contributed by atoms with Gasteiger partial charge in [-0.15, -0.1) is 11.3 Å². The Kier molecular flexibility index (Phi) is 4.06. The maximum Gasteiger partial charge on any atom is 0.230 e. The van der Waals surface area contributed by atoms with Crippen molar-refractivity contribution < 1.29 is 9.59 Å². The van der Waals surface area contributed by atoms with Gasteiger partial charge in [0, 0.05) is 12.3 Å². The Hall–Kier alpha value is -2.01. The first-order valence-electron chi connectivity index (χ1n) is 5.86. The van der Waals surface area contributed by atoms with Crippen LogP contribution in [-0.2, 0) is 11.2 Å². The molecule has 0 saturated heterocycles.